The highest BCUT2D eigenvalue weighted by Gasteiger charge is 2.03. The van der Waals surface area contributed by atoms with Crippen LogP contribution in [0.25, 0.3) is 0 Å². The Balaban J connectivity index is 2.73. The summed E-state index contributed by atoms with van der Waals surface area (Å²) in [4.78, 5) is 4.10. The number of halogens is 1. The summed E-state index contributed by atoms with van der Waals surface area (Å²) in [7, 11) is 0. The average Bonchev–Trinajstić information content (AvgIpc) is 2.05. The SMILES string of the molecule is CCCC(C)c1ccnc(Br)c1. The molecule has 12 heavy (non-hydrogen) atoms. The van der Waals surface area contributed by atoms with E-state index >= 15 is 0 Å². The zero-order valence-electron chi connectivity index (χ0n) is 7.55. The van der Waals surface area contributed by atoms with Crippen molar-refractivity contribution in [2.24, 2.45) is 0 Å². The minimum atomic E-state index is 0.647. The highest BCUT2D eigenvalue weighted by Crippen LogP contribution is 2.21. The molecule has 0 fully saturated rings. The zero-order valence-corrected chi connectivity index (χ0v) is 9.13. The fraction of sp³-hybridized carbons (Fsp3) is 0.500. The van der Waals surface area contributed by atoms with Gasteiger partial charge in [0.2, 0.25) is 0 Å². The molecule has 1 nitrogen and oxygen atoms in total. The Morgan fingerprint density at radius 2 is 2.33 bits per heavy atom. The summed E-state index contributed by atoms with van der Waals surface area (Å²) in [6, 6.07) is 4.19. The van der Waals surface area contributed by atoms with Crippen LogP contribution in [0.15, 0.2) is 22.9 Å². The van der Waals surface area contributed by atoms with E-state index in [0.29, 0.717) is 5.92 Å². The molecule has 0 N–H and O–H groups in total. The summed E-state index contributed by atoms with van der Waals surface area (Å²) in [5, 5.41) is 0. The molecule has 1 aromatic heterocycles. The first-order chi connectivity index (χ1) is 5.74. The molecule has 1 heterocycles. The van der Waals surface area contributed by atoms with Crippen molar-refractivity contribution in [2.75, 3.05) is 0 Å². The molecule has 0 saturated heterocycles. The highest BCUT2D eigenvalue weighted by molar-refractivity contribution is 9.10. The van der Waals surface area contributed by atoms with Gasteiger partial charge in [-0.1, -0.05) is 20.3 Å². The maximum Gasteiger partial charge on any atom is 0.106 e. The Labute approximate surface area is 82.3 Å². The first kappa shape index (κ1) is 9.72. The zero-order chi connectivity index (χ0) is 8.97. The lowest BCUT2D eigenvalue weighted by molar-refractivity contribution is 0.663. The lowest BCUT2D eigenvalue weighted by Crippen LogP contribution is -1.93. The third-order valence-corrected chi connectivity index (χ3v) is 2.48. The van der Waals surface area contributed by atoms with Gasteiger partial charge in [-0.15, -0.1) is 0 Å². The van der Waals surface area contributed by atoms with Crippen LogP contribution < -0.4 is 0 Å². The highest BCUT2D eigenvalue weighted by atomic mass is 79.9. The fourth-order valence-electron chi connectivity index (χ4n) is 1.32. The fourth-order valence-corrected chi connectivity index (χ4v) is 1.71. The molecule has 1 rings (SSSR count). The van der Waals surface area contributed by atoms with Gasteiger partial charge in [-0.25, -0.2) is 4.98 Å². The van der Waals surface area contributed by atoms with Crippen LogP contribution in [0.1, 0.15) is 38.2 Å². The quantitative estimate of drug-likeness (QED) is 0.718. The molecular weight excluding hydrogens is 214 g/mol. The molecule has 2 heteroatoms. The van der Waals surface area contributed by atoms with Gasteiger partial charge in [-0.3, -0.25) is 0 Å². The summed E-state index contributed by atoms with van der Waals surface area (Å²) in [6.45, 7) is 4.47. The van der Waals surface area contributed by atoms with Gasteiger partial charge in [0.15, 0.2) is 0 Å². The Morgan fingerprint density at radius 3 is 2.92 bits per heavy atom. The van der Waals surface area contributed by atoms with Crippen molar-refractivity contribution >= 4 is 15.9 Å². The Morgan fingerprint density at radius 1 is 1.58 bits per heavy atom. The summed E-state index contributed by atoms with van der Waals surface area (Å²) in [5.41, 5.74) is 1.37. The molecule has 0 spiro atoms. The molecule has 1 aromatic rings. The number of hydrogen-bond acceptors (Lipinski definition) is 1. The van der Waals surface area contributed by atoms with Gasteiger partial charge in [0, 0.05) is 6.20 Å². The molecule has 0 saturated carbocycles. The van der Waals surface area contributed by atoms with Crippen LogP contribution in [-0.2, 0) is 0 Å². The Kier molecular flexibility index (Phi) is 3.73. The molecule has 0 amide bonds. The van der Waals surface area contributed by atoms with E-state index in [1.54, 1.807) is 0 Å². The van der Waals surface area contributed by atoms with Crippen molar-refractivity contribution in [1.29, 1.82) is 0 Å². The van der Waals surface area contributed by atoms with Crippen LogP contribution in [0, 0.1) is 0 Å². The van der Waals surface area contributed by atoms with Crippen molar-refractivity contribution in [3.05, 3.63) is 28.5 Å². The van der Waals surface area contributed by atoms with Gasteiger partial charge in [0.1, 0.15) is 4.60 Å². The lowest BCUT2D eigenvalue weighted by Gasteiger charge is -2.09. The second kappa shape index (κ2) is 4.61. The van der Waals surface area contributed by atoms with Crippen molar-refractivity contribution in [3.8, 4) is 0 Å². The standard InChI is InChI=1S/C10H14BrN/c1-3-4-8(2)9-5-6-12-10(11)7-9/h5-8H,3-4H2,1-2H3. The van der Waals surface area contributed by atoms with E-state index in [0.717, 1.165) is 4.60 Å². The molecule has 66 valence electrons. The molecule has 0 aliphatic rings. The van der Waals surface area contributed by atoms with Gasteiger partial charge >= 0.3 is 0 Å². The van der Waals surface area contributed by atoms with Gasteiger partial charge < -0.3 is 0 Å². The minimum Gasteiger partial charge on any atom is -0.249 e. The van der Waals surface area contributed by atoms with Gasteiger partial charge in [-0.2, -0.15) is 0 Å². The van der Waals surface area contributed by atoms with Crippen molar-refractivity contribution in [1.82, 2.24) is 4.98 Å². The van der Waals surface area contributed by atoms with E-state index in [1.807, 2.05) is 6.20 Å². The van der Waals surface area contributed by atoms with E-state index in [4.69, 9.17) is 0 Å². The molecular formula is C10H14BrN. The summed E-state index contributed by atoms with van der Waals surface area (Å²) < 4.78 is 0.933. The van der Waals surface area contributed by atoms with Crippen LogP contribution in [0.4, 0.5) is 0 Å². The maximum atomic E-state index is 4.10. The second-order valence-corrected chi connectivity index (χ2v) is 3.91. The van der Waals surface area contributed by atoms with E-state index < -0.39 is 0 Å². The van der Waals surface area contributed by atoms with Crippen LogP contribution >= 0.6 is 15.9 Å². The monoisotopic (exact) mass is 227 g/mol. The minimum absolute atomic E-state index is 0.647. The second-order valence-electron chi connectivity index (χ2n) is 3.10. The summed E-state index contributed by atoms with van der Waals surface area (Å²) in [6.07, 6.45) is 4.34. The number of rotatable bonds is 3. The number of hydrogen-bond donors (Lipinski definition) is 0. The Hall–Kier alpha value is -0.370. The topological polar surface area (TPSA) is 12.9 Å². The van der Waals surface area contributed by atoms with E-state index in [1.165, 1.54) is 18.4 Å². The molecule has 1 atom stereocenters. The Bertz CT molecular complexity index is 247. The van der Waals surface area contributed by atoms with Crippen LogP contribution in [-0.4, -0.2) is 4.98 Å². The van der Waals surface area contributed by atoms with Crippen LogP contribution in [0.3, 0.4) is 0 Å². The van der Waals surface area contributed by atoms with E-state index in [2.05, 4.69) is 46.9 Å². The molecule has 0 bridgehead atoms. The average molecular weight is 228 g/mol. The van der Waals surface area contributed by atoms with Crippen molar-refractivity contribution < 1.29 is 0 Å². The van der Waals surface area contributed by atoms with E-state index in [9.17, 15) is 0 Å². The maximum absolute atomic E-state index is 4.10. The molecule has 0 aliphatic heterocycles. The number of nitrogens with zero attached hydrogens (tertiary/aromatic N) is 1. The third kappa shape index (κ3) is 2.59. The van der Waals surface area contributed by atoms with Gasteiger partial charge in [0.05, 0.1) is 0 Å². The van der Waals surface area contributed by atoms with Crippen LogP contribution in [0.2, 0.25) is 0 Å². The van der Waals surface area contributed by atoms with Crippen LogP contribution in [0.5, 0.6) is 0 Å². The van der Waals surface area contributed by atoms with Gasteiger partial charge in [0.25, 0.3) is 0 Å². The van der Waals surface area contributed by atoms with Gasteiger partial charge in [-0.05, 0) is 46.0 Å². The third-order valence-electron chi connectivity index (χ3n) is 2.04. The molecule has 0 aliphatic carbocycles. The first-order valence-corrected chi connectivity index (χ1v) is 5.14. The number of pyridine rings is 1. The lowest BCUT2D eigenvalue weighted by atomic mass is 9.98. The molecule has 0 radical (unpaired) electrons. The normalized spacial score (nSPS) is 12.9. The summed E-state index contributed by atoms with van der Waals surface area (Å²) in [5.74, 6) is 0.647. The summed E-state index contributed by atoms with van der Waals surface area (Å²) >= 11 is 3.37. The van der Waals surface area contributed by atoms with Crippen molar-refractivity contribution in [2.45, 2.75) is 32.6 Å². The molecule has 1 unspecified atom stereocenters. The smallest absolute Gasteiger partial charge is 0.106 e. The molecule has 0 aromatic carbocycles. The van der Waals surface area contributed by atoms with Crippen molar-refractivity contribution in [3.63, 3.8) is 0 Å². The predicted octanol–water partition coefficient (Wildman–Crippen LogP) is 3.75. The van der Waals surface area contributed by atoms with E-state index in [-0.39, 0.29) is 0 Å². The predicted molar refractivity (Wildman–Crippen MR) is 55.3 cm³/mol. The number of aromatic nitrogens is 1. The first-order valence-electron chi connectivity index (χ1n) is 4.35. The largest absolute Gasteiger partial charge is 0.249 e.